The van der Waals surface area contributed by atoms with Crippen LogP contribution in [0.4, 0.5) is 10.2 Å². The van der Waals surface area contributed by atoms with E-state index in [1.807, 2.05) is 18.5 Å². The van der Waals surface area contributed by atoms with Gasteiger partial charge in [0.25, 0.3) is 0 Å². The minimum absolute atomic E-state index is 0.235. The van der Waals surface area contributed by atoms with Gasteiger partial charge in [0, 0.05) is 35.9 Å². The standard InChI is InChI=1S/C19H21Cl2FN6S/c1-12-18(21)13(2)28(25-12)9-4-8-23-19(29)24-17-7-10-27(26-17)11-14-15(20)5-3-6-16(14)22/h3,5-7,10H,4,8-9,11H2,1-2H3,(H2,23,24,26,29). The van der Waals surface area contributed by atoms with E-state index in [9.17, 15) is 4.39 Å². The van der Waals surface area contributed by atoms with Crippen LogP contribution in [0.25, 0.3) is 0 Å². The molecule has 3 aromatic rings. The Morgan fingerprint density at radius 1 is 1.21 bits per heavy atom. The van der Waals surface area contributed by atoms with E-state index in [1.165, 1.54) is 6.07 Å². The lowest BCUT2D eigenvalue weighted by Gasteiger charge is -2.09. The Labute approximate surface area is 184 Å². The topological polar surface area (TPSA) is 59.7 Å². The second-order valence-electron chi connectivity index (χ2n) is 6.54. The van der Waals surface area contributed by atoms with Crippen molar-refractivity contribution in [3.8, 4) is 0 Å². The van der Waals surface area contributed by atoms with Crippen molar-refractivity contribution in [2.75, 3.05) is 11.9 Å². The Morgan fingerprint density at radius 3 is 2.69 bits per heavy atom. The molecule has 29 heavy (non-hydrogen) atoms. The average molecular weight is 455 g/mol. The van der Waals surface area contributed by atoms with Gasteiger partial charge in [-0.1, -0.05) is 29.3 Å². The van der Waals surface area contributed by atoms with Gasteiger partial charge in [0.2, 0.25) is 0 Å². The SMILES string of the molecule is Cc1nn(CCCNC(=S)Nc2ccn(Cc3c(F)cccc3Cl)n2)c(C)c1Cl. The first kappa shape index (κ1) is 21.5. The highest BCUT2D eigenvalue weighted by molar-refractivity contribution is 7.80. The predicted molar refractivity (Wildman–Crippen MR) is 118 cm³/mol. The highest BCUT2D eigenvalue weighted by Gasteiger charge is 2.10. The highest BCUT2D eigenvalue weighted by atomic mass is 35.5. The number of aryl methyl sites for hydroxylation is 2. The summed E-state index contributed by atoms with van der Waals surface area (Å²) in [4.78, 5) is 0. The molecule has 0 saturated carbocycles. The first-order valence-electron chi connectivity index (χ1n) is 9.06. The number of nitrogens with one attached hydrogen (secondary N) is 2. The van der Waals surface area contributed by atoms with Crippen LogP contribution < -0.4 is 10.6 Å². The molecule has 0 unspecified atom stereocenters. The van der Waals surface area contributed by atoms with E-state index in [1.54, 1.807) is 29.1 Å². The number of nitrogens with zero attached hydrogens (tertiary/aromatic N) is 4. The molecule has 3 rings (SSSR count). The number of hydrogen-bond donors (Lipinski definition) is 2. The van der Waals surface area contributed by atoms with E-state index < -0.39 is 0 Å². The van der Waals surface area contributed by atoms with Crippen LogP contribution in [0, 0.1) is 19.7 Å². The number of thiocarbonyl (C=S) groups is 1. The largest absolute Gasteiger partial charge is 0.362 e. The number of anilines is 1. The summed E-state index contributed by atoms with van der Waals surface area (Å²) in [6, 6.07) is 6.37. The third-order valence-corrected chi connectivity index (χ3v) is 5.54. The Hall–Kier alpha value is -2.16. The van der Waals surface area contributed by atoms with Crippen LogP contribution >= 0.6 is 35.4 Å². The van der Waals surface area contributed by atoms with Crippen molar-refractivity contribution in [3.63, 3.8) is 0 Å². The van der Waals surface area contributed by atoms with E-state index in [2.05, 4.69) is 20.8 Å². The molecule has 1 aromatic carbocycles. The monoisotopic (exact) mass is 454 g/mol. The second kappa shape index (κ2) is 9.56. The quantitative estimate of drug-likeness (QED) is 0.404. The molecule has 2 N–H and O–H groups in total. The maximum atomic E-state index is 13.9. The summed E-state index contributed by atoms with van der Waals surface area (Å²) >= 11 is 17.5. The van der Waals surface area contributed by atoms with Crippen molar-refractivity contribution in [1.29, 1.82) is 0 Å². The van der Waals surface area contributed by atoms with Crippen LogP contribution in [-0.2, 0) is 13.1 Å². The van der Waals surface area contributed by atoms with Gasteiger partial charge in [-0.15, -0.1) is 0 Å². The lowest BCUT2D eigenvalue weighted by atomic mass is 10.2. The normalized spacial score (nSPS) is 10.9. The van der Waals surface area contributed by atoms with E-state index in [0.29, 0.717) is 33.1 Å². The summed E-state index contributed by atoms with van der Waals surface area (Å²) in [5.41, 5.74) is 2.20. The molecule has 0 aliphatic carbocycles. The lowest BCUT2D eigenvalue weighted by molar-refractivity contribution is 0.558. The van der Waals surface area contributed by atoms with Crippen molar-refractivity contribution < 1.29 is 4.39 Å². The van der Waals surface area contributed by atoms with Gasteiger partial charge in [-0.2, -0.15) is 10.2 Å². The predicted octanol–water partition coefficient (Wildman–Crippen LogP) is 4.57. The number of rotatable bonds is 7. The van der Waals surface area contributed by atoms with Gasteiger partial charge in [0.1, 0.15) is 5.82 Å². The van der Waals surface area contributed by atoms with Gasteiger partial charge in [0.15, 0.2) is 10.9 Å². The van der Waals surface area contributed by atoms with Crippen LogP contribution in [0.1, 0.15) is 23.4 Å². The summed E-state index contributed by atoms with van der Waals surface area (Å²) in [5.74, 6) is 0.212. The summed E-state index contributed by atoms with van der Waals surface area (Å²) in [6.07, 6.45) is 2.57. The molecule has 154 valence electrons. The summed E-state index contributed by atoms with van der Waals surface area (Å²) in [7, 11) is 0. The summed E-state index contributed by atoms with van der Waals surface area (Å²) in [6.45, 7) is 5.49. The number of halogens is 3. The second-order valence-corrected chi connectivity index (χ2v) is 7.73. The minimum atomic E-state index is -0.358. The average Bonchev–Trinajstić information content (AvgIpc) is 3.21. The molecule has 0 aliphatic rings. The van der Waals surface area contributed by atoms with Crippen LogP contribution in [0.15, 0.2) is 30.5 Å². The van der Waals surface area contributed by atoms with Crippen LogP contribution in [0.3, 0.4) is 0 Å². The molecule has 0 radical (unpaired) electrons. The molecule has 2 heterocycles. The maximum Gasteiger partial charge on any atom is 0.171 e. The third kappa shape index (κ3) is 5.46. The van der Waals surface area contributed by atoms with Gasteiger partial charge >= 0.3 is 0 Å². The number of aromatic nitrogens is 4. The summed E-state index contributed by atoms with van der Waals surface area (Å²) in [5, 5.41) is 16.5. The fourth-order valence-corrected chi connectivity index (χ4v) is 3.41. The van der Waals surface area contributed by atoms with E-state index >= 15 is 0 Å². The van der Waals surface area contributed by atoms with Gasteiger partial charge in [-0.05, 0) is 44.6 Å². The summed E-state index contributed by atoms with van der Waals surface area (Å²) < 4.78 is 17.4. The fraction of sp³-hybridized carbons (Fsp3) is 0.316. The first-order chi connectivity index (χ1) is 13.8. The fourth-order valence-electron chi connectivity index (χ4n) is 2.85. The third-order valence-electron chi connectivity index (χ3n) is 4.39. The lowest BCUT2D eigenvalue weighted by Crippen LogP contribution is -2.30. The van der Waals surface area contributed by atoms with Crippen molar-refractivity contribution in [3.05, 3.63) is 63.3 Å². The maximum absolute atomic E-state index is 13.9. The molecule has 6 nitrogen and oxygen atoms in total. The van der Waals surface area contributed by atoms with Crippen LogP contribution in [-0.4, -0.2) is 31.2 Å². The van der Waals surface area contributed by atoms with Crippen molar-refractivity contribution >= 4 is 46.4 Å². The molecule has 0 fully saturated rings. The first-order valence-corrected chi connectivity index (χ1v) is 10.2. The molecule has 0 saturated heterocycles. The van der Waals surface area contributed by atoms with E-state index in [-0.39, 0.29) is 12.4 Å². The molecule has 0 amide bonds. The molecular weight excluding hydrogens is 434 g/mol. The van der Waals surface area contributed by atoms with E-state index in [0.717, 1.165) is 24.4 Å². The molecule has 0 atom stereocenters. The molecular formula is C19H21Cl2FN6S. The smallest absolute Gasteiger partial charge is 0.171 e. The molecule has 10 heteroatoms. The number of hydrogen-bond acceptors (Lipinski definition) is 3. The van der Waals surface area contributed by atoms with Crippen LogP contribution in [0.2, 0.25) is 10.0 Å². The Bertz CT molecular complexity index is 996. The zero-order valence-electron chi connectivity index (χ0n) is 16.0. The molecule has 0 aliphatic heterocycles. The van der Waals surface area contributed by atoms with Crippen molar-refractivity contribution in [2.45, 2.75) is 33.4 Å². The molecule has 2 aromatic heterocycles. The van der Waals surface area contributed by atoms with Gasteiger partial charge in [-0.25, -0.2) is 4.39 Å². The Kier molecular flexibility index (Phi) is 7.10. The molecule has 0 bridgehead atoms. The zero-order valence-corrected chi connectivity index (χ0v) is 18.4. The van der Waals surface area contributed by atoms with Gasteiger partial charge in [0.05, 0.1) is 23.0 Å². The van der Waals surface area contributed by atoms with E-state index in [4.69, 9.17) is 35.4 Å². The zero-order chi connectivity index (χ0) is 21.0. The minimum Gasteiger partial charge on any atom is -0.362 e. The number of benzene rings is 1. The van der Waals surface area contributed by atoms with Gasteiger partial charge in [-0.3, -0.25) is 9.36 Å². The Balaban J connectivity index is 1.46. The van der Waals surface area contributed by atoms with Gasteiger partial charge < -0.3 is 10.6 Å². The van der Waals surface area contributed by atoms with Crippen LogP contribution in [0.5, 0.6) is 0 Å². The highest BCUT2D eigenvalue weighted by Crippen LogP contribution is 2.20. The Morgan fingerprint density at radius 2 is 2.00 bits per heavy atom. The van der Waals surface area contributed by atoms with Crippen molar-refractivity contribution in [2.24, 2.45) is 0 Å². The molecule has 0 spiro atoms. The van der Waals surface area contributed by atoms with Crippen molar-refractivity contribution in [1.82, 2.24) is 24.9 Å².